The molecule has 0 saturated heterocycles. The lowest BCUT2D eigenvalue weighted by Gasteiger charge is -2.32. The van der Waals surface area contributed by atoms with E-state index in [2.05, 4.69) is 5.32 Å². The second-order valence-corrected chi connectivity index (χ2v) is 13.3. The lowest BCUT2D eigenvalue weighted by molar-refractivity contribution is -0.141. The van der Waals surface area contributed by atoms with Crippen LogP contribution in [-0.2, 0) is 32.6 Å². The quantitative estimate of drug-likeness (QED) is 0.201. The molecule has 224 valence electrons. The third-order valence-electron chi connectivity index (χ3n) is 7.97. The van der Waals surface area contributed by atoms with Gasteiger partial charge in [0, 0.05) is 42.4 Å². The van der Waals surface area contributed by atoms with E-state index in [0.717, 1.165) is 22.9 Å². The largest absolute Gasteiger partial charge is 0.352 e. The minimum absolute atomic E-state index is 0.0528. The van der Waals surface area contributed by atoms with Crippen LogP contribution in [-0.4, -0.2) is 43.8 Å². The van der Waals surface area contributed by atoms with Crippen molar-refractivity contribution in [2.24, 2.45) is 0 Å². The second kappa shape index (κ2) is 13.2. The van der Waals surface area contributed by atoms with Gasteiger partial charge in [0.25, 0.3) is 10.0 Å². The molecule has 0 bridgehead atoms. The van der Waals surface area contributed by atoms with Gasteiger partial charge in [-0.05, 0) is 60.5 Å². The molecule has 2 atom stereocenters. The summed E-state index contributed by atoms with van der Waals surface area (Å²) < 4.78 is 28.3. The van der Waals surface area contributed by atoms with Gasteiger partial charge in [-0.2, -0.15) is 0 Å². The van der Waals surface area contributed by atoms with Gasteiger partial charge in [0.2, 0.25) is 11.8 Å². The summed E-state index contributed by atoms with van der Waals surface area (Å²) in [5.74, 6) is -0.438. The molecule has 1 aliphatic rings. The molecule has 43 heavy (non-hydrogen) atoms. The fourth-order valence-electron chi connectivity index (χ4n) is 5.50. The van der Waals surface area contributed by atoms with E-state index in [1.165, 1.54) is 4.31 Å². The molecule has 1 aliphatic heterocycles. The normalized spacial score (nSPS) is 14.8. The smallest absolute Gasteiger partial charge is 0.265 e. The number of halogens is 1. The van der Waals surface area contributed by atoms with Gasteiger partial charge < -0.3 is 10.2 Å². The Balaban J connectivity index is 1.40. The van der Waals surface area contributed by atoms with Crippen molar-refractivity contribution in [1.29, 1.82) is 0 Å². The number of rotatable bonds is 12. The first-order valence-electron chi connectivity index (χ1n) is 14.6. The third kappa shape index (κ3) is 6.71. The van der Waals surface area contributed by atoms with Gasteiger partial charge in [0.05, 0.1) is 10.6 Å². The molecule has 0 unspecified atom stereocenters. The molecule has 0 spiro atoms. The van der Waals surface area contributed by atoms with Crippen LogP contribution in [0.2, 0.25) is 5.02 Å². The highest BCUT2D eigenvalue weighted by Gasteiger charge is 2.36. The number of nitrogens with zero attached hydrogens (tertiary/aromatic N) is 2. The average Bonchev–Trinajstić information content (AvgIpc) is 3.23. The summed E-state index contributed by atoms with van der Waals surface area (Å²) in [6.07, 6.45) is 1.48. The first kappa shape index (κ1) is 30.6. The average molecular weight is 618 g/mol. The summed E-state index contributed by atoms with van der Waals surface area (Å²) in [6, 6.07) is 26.9. The predicted molar refractivity (Wildman–Crippen MR) is 172 cm³/mol. The van der Waals surface area contributed by atoms with E-state index in [1.807, 2.05) is 74.5 Å². The second-order valence-electron chi connectivity index (χ2n) is 11.0. The summed E-state index contributed by atoms with van der Waals surface area (Å²) in [4.78, 5) is 29.6. The lowest BCUT2D eigenvalue weighted by Crippen LogP contribution is -2.52. The van der Waals surface area contributed by atoms with Crippen molar-refractivity contribution in [2.45, 2.75) is 63.1 Å². The fraction of sp³-hybridized carbons (Fsp3) is 0.294. The molecule has 1 heterocycles. The van der Waals surface area contributed by atoms with Crippen molar-refractivity contribution < 1.29 is 18.0 Å². The molecule has 5 rings (SSSR count). The Bertz CT molecular complexity index is 1710. The van der Waals surface area contributed by atoms with Crippen molar-refractivity contribution in [3.8, 4) is 0 Å². The van der Waals surface area contributed by atoms with Gasteiger partial charge in [-0.3, -0.25) is 13.9 Å². The molecular formula is C34H36ClN3O4S. The summed E-state index contributed by atoms with van der Waals surface area (Å²) in [5, 5.41) is 5.23. The maximum absolute atomic E-state index is 14.0. The van der Waals surface area contributed by atoms with Gasteiger partial charge >= 0.3 is 0 Å². The molecule has 0 fully saturated rings. The van der Waals surface area contributed by atoms with Crippen LogP contribution in [0.15, 0.2) is 95.9 Å². The summed E-state index contributed by atoms with van der Waals surface area (Å²) in [5.41, 5.74) is 2.42. The van der Waals surface area contributed by atoms with Gasteiger partial charge in [-0.15, -0.1) is 0 Å². The fourth-order valence-corrected chi connectivity index (χ4v) is 7.37. The monoisotopic (exact) mass is 617 g/mol. The van der Waals surface area contributed by atoms with E-state index in [0.29, 0.717) is 33.8 Å². The number of benzene rings is 4. The molecule has 0 saturated carbocycles. The minimum atomic E-state index is -3.72. The number of sulfonamides is 1. The van der Waals surface area contributed by atoms with Gasteiger partial charge in [-0.25, -0.2) is 8.42 Å². The van der Waals surface area contributed by atoms with E-state index in [9.17, 15) is 18.0 Å². The number of hydrogen-bond donors (Lipinski definition) is 1. The highest BCUT2D eigenvalue weighted by molar-refractivity contribution is 7.93. The van der Waals surface area contributed by atoms with Crippen LogP contribution >= 0.6 is 11.6 Å². The topological polar surface area (TPSA) is 86.8 Å². The number of carbonyl (C=O) groups excluding carboxylic acids is 2. The zero-order valence-corrected chi connectivity index (χ0v) is 25.9. The maximum Gasteiger partial charge on any atom is 0.265 e. The Morgan fingerprint density at radius 1 is 0.907 bits per heavy atom. The molecule has 4 aromatic rings. The first-order chi connectivity index (χ1) is 20.7. The van der Waals surface area contributed by atoms with Crippen molar-refractivity contribution in [2.75, 3.05) is 10.8 Å². The molecule has 0 aliphatic carbocycles. The Kier molecular flexibility index (Phi) is 9.37. The Labute approximate surface area is 258 Å². The van der Waals surface area contributed by atoms with Gasteiger partial charge in [-0.1, -0.05) is 85.3 Å². The van der Waals surface area contributed by atoms with E-state index < -0.39 is 16.1 Å². The summed E-state index contributed by atoms with van der Waals surface area (Å²) in [7, 11) is -3.72. The zero-order valence-electron chi connectivity index (χ0n) is 24.4. The van der Waals surface area contributed by atoms with Crippen molar-refractivity contribution in [1.82, 2.24) is 10.2 Å². The van der Waals surface area contributed by atoms with Crippen molar-refractivity contribution >= 4 is 49.9 Å². The maximum atomic E-state index is 14.0. The molecule has 7 nitrogen and oxygen atoms in total. The van der Waals surface area contributed by atoms with Crippen LogP contribution in [0.3, 0.4) is 0 Å². The van der Waals surface area contributed by atoms with Crippen LogP contribution in [0.4, 0.5) is 5.69 Å². The minimum Gasteiger partial charge on any atom is -0.352 e. The van der Waals surface area contributed by atoms with Gasteiger partial charge in [0.1, 0.15) is 6.04 Å². The predicted octanol–water partition coefficient (Wildman–Crippen LogP) is 6.34. The summed E-state index contributed by atoms with van der Waals surface area (Å²) in [6.45, 7) is 4.31. The highest BCUT2D eigenvalue weighted by Crippen LogP contribution is 2.42. The third-order valence-corrected chi connectivity index (χ3v) is 10.1. The van der Waals surface area contributed by atoms with Crippen molar-refractivity contribution in [3.05, 3.63) is 107 Å². The number of amides is 2. The Morgan fingerprint density at radius 3 is 2.30 bits per heavy atom. The molecular weight excluding hydrogens is 582 g/mol. The molecule has 4 aromatic carbocycles. The number of hydrogen-bond acceptors (Lipinski definition) is 4. The van der Waals surface area contributed by atoms with E-state index in [1.54, 1.807) is 35.2 Å². The van der Waals surface area contributed by atoms with Crippen LogP contribution in [0.5, 0.6) is 0 Å². The number of carbonyl (C=O) groups is 2. The van der Waals surface area contributed by atoms with Gasteiger partial charge in [0.15, 0.2) is 0 Å². The molecule has 2 amide bonds. The Morgan fingerprint density at radius 2 is 1.60 bits per heavy atom. The molecule has 9 heteroatoms. The molecule has 1 N–H and O–H groups in total. The lowest BCUT2D eigenvalue weighted by atomic mass is 10.0. The van der Waals surface area contributed by atoms with Crippen LogP contribution in [0, 0.1) is 0 Å². The standard InChI is InChI=1S/C34H36ClN3O4S/c1-3-24(2)36-34(40)30(22-25-10-5-4-6-11-25)37(23-26-17-19-28(35)20-18-26)32(39)16-9-21-38-29-14-7-12-27-13-8-15-31(33(27)29)43(38,41)42/h4-8,10-15,17-20,24,30H,3,9,16,21-23H2,1-2H3,(H,36,40)/t24-,30+/m0/s1. The van der Waals surface area contributed by atoms with Crippen LogP contribution < -0.4 is 9.62 Å². The van der Waals surface area contributed by atoms with E-state index in [4.69, 9.17) is 11.6 Å². The van der Waals surface area contributed by atoms with E-state index >= 15 is 0 Å². The first-order valence-corrected chi connectivity index (χ1v) is 16.4. The van der Waals surface area contributed by atoms with Crippen LogP contribution in [0.25, 0.3) is 10.8 Å². The molecule has 0 aromatic heterocycles. The van der Waals surface area contributed by atoms with Crippen molar-refractivity contribution in [3.63, 3.8) is 0 Å². The van der Waals surface area contributed by atoms with Crippen LogP contribution in [0.1, 0.15) is 44.2 Å². The summed E-state index contributed by atoms with van der Waals surface area (Å²) >= 11 is 6.12. The molecule has 0 radical (unpaired) electrons. The number of anilines is 1. The van der Waals surface area contributed by atoms with E-state index in [-0.39, 0.29) is 37.4 Å². The SMILES string of the molecule is CC[C@H](C)NC(=O)[C@@H](Cc1ccccc1)N(Cc1ccc(Cl)cc1)C(=O)CCCN1c2cccc3cccc(c23)S1(=O)=O. The zero-order chi connectivity index (χ0) is 30.6. The highest BCUT2D eigenvalue weighted by atomic mass is 35.5. The number of nitrogens with one attached hydrogen (secondary N) is 1. The Hall–Kier alpha value is -3.88.